The second-order valence-electron chi connectivity index (χ2n) is 7.52. The third kappa shape index (κ3) is 3.59. The number of aromatic hydroxyl groups is 2. The molecule has 0 amide bonds. The minimum absolute atomic E-state index is 0.141. The Morgan fingerprint density at radius 3 is 1.79 bits per heavy atom. The molecule has 0 aliphatic carbocycles. The van der Waals surface area contributed by atoms with Crippen molar-refractivity contribution < 1.29 is 10.2 Å². The fraction of sp³-hybridized carbons (Fsp3) is 0.154. The molecule has 4 aromatic rings. The van der Waals surface area contributed by atoms with Crippen molar-refractivity contribution in [3.8, 4) is 11.5 Å². The molecule has 0 spiro atoms. The van der Waals surface area contributed by atoms with E-state index in [-0.39, 0.29) is 17.4 Å². The van der Waals surface area contributed by atoms with Crippen LogP contribution in [0.4, 0.5) is 0 Å². The number of benzene rings is 4. The summed E-state index contributed by atoms with van der Waals surface area (Å²) >= 11 is 0. The van der Waals surface area contributed by atoms with Crippen LogP contribution in [0.25, 0.3) is 10.8 Å². The Kier molecular flexibility index (Phi) is 4.79. The average Bonchev–Trinajstić information content (AvgIpc) is 2.67. The van der Waals surface area contributed by atoms with Gasteiger partial charge in [-0.3, -0.25) is 0 Å². The smallest absolute Gasteiger partial charge is 0.115 e. The molecule has 0 fully saturated rings. The largest absolute Gasteiger partial charge is 0.508 e. The van der Waals surface area contributed by atoms with Crippen LogP contribution in [0.2, 0.25) is 0 Å². The van der Waals surface area contributed by atoms with Crippen LogP contribution < -0.4 is 0 Å². The average molecular weight is 368 g/mol. The SMILES string of the molecule is Cc1cc(O)ccc1C(Cc1ccc2ccccc2c1)c1ccc(O)cc1C. The highest BCUT2D eigenvalue weighted by molar-refractivity contribution is 5.83. The van der Waals surface area contributed by atoms with Crippen molar-refractivity contribution in [3.63, 3.8) is 0 Å². The number of hydrogen-bond donors (Lipinski definition) is 2. The second-order valence-corrected chi connectivity index (χ2v) is 7.52. The van der Waals surface area contributed by atoms with Crippen molar-refractivity contribution >= 4 is 10.8 Å². The van der Waals surface area contributed by atoms with Gasteiger partial charge in [-0.25, -0.2) is 0 Å². The highest BCUT2D eigenvalue weighted by atomic mass is 16.3. The standard InChI is InChI=1S/C26H24O2/c1-17-13-22(27)9-11-24(17)26(25-12-10-23(28)14-18(25)2)16-19-7-8-20-5-3-4-6-21(20)15-19/h3-15,26-28H,16H2,1-2H3. The van der Waals surface area contributed by atoms with Gasteiger partial charge < -0.3 is 10.2 Å². The molecule has 2 N–H and O–H groups in total. The summed E-state index contributed by atoms with van der Waals surface area (Å²) in [5.74, 6) is 0.712. The van der Waals surface area contributed by atoms with Gasteiger partial charge in [0.1, 0.15) is 11.5 Å². The Morgan fingerprint density at radius 1 is 0.643 bits per heavy atom. The second kappa shape index (κ2) is 7.40. The van der Waals surface area contributed by atoms with Gasteiger partial charge in [0.15, 0.2) is 0 Å². The molecule has 28 heavy (non-hydrogen) atoms. The summed E-state index contributed by atoms with van der Waals surface area (Å²) in [4.78, 5) is 0. The maximum Gasteiger partial charge on any atom is 0.115 e. The molecule has 2 heteroatoms. The number of phenolic OH excluding ortho intramolecular Hbond substituents is 2. The summed E-state index contributed by atoms with van der Waals surface area (Å²) in [5, 5.41) is 22.2. The van der Waals surface area contributed by atoms with Crippen molar-refractivity contribution in [2.45, 2.75) is 26.2 Å². The van der Waals surface area contributed by atoms with E-state index in [4.69, 9.17) is 0 Å². The third-order valence-electron chi connectivity index (χ3n) is 5.51. The topological polar surface area (TPSA) is 40.5 Å². The number of aryl methyl sites for hydroxylation is 2. The van der Waals surface area contributed by atoms with Gasteiger partial charge in [-0.15, -0.1) is 0 Å². The normalized spacial score (nSPS) is 11.2. The van der Waals surface area contributed by atoms with Gasteiger partial charge in [-0.1, -0.05) is 54.6 Å². The molecule has 0 saturated carbocycles. The molecular weight excluding hydrogens is 344 g/mol. The van der Waals surface area contributed by atoms with E-state index in [0.717, 1.165) is 17.5 Å². The van der Waals surface area contributed by atoms with Crippen LogP contribution in [0.1, 0.15) is 33.7 Å². The van der Waals surface area contributed by atoms with Crippen molar-refractivity contribution in [2.24, 2.45) is 0 Å². The van der Waals surface area contributed by atoms with Crippen molar-refractivity contribution in [3.05, 3.63) is 107 Å². The van der Waals surface area contributed by atoms with E-state index in [1.54, 1.807) is 12.1 Å². The van der Waals surface area contributed by atoms with E-state index in [0.29, 0.717) is 0 Å². The zero-order chi connectivity index (χ0) is 19.7. The van der Waals surface area contributed by atoms with E-state index in [9.17, 15) is 10.2 Å². The van der Waals surface area contributed by atoms with E-state index in [2.05, 4.69) is 42.5 Å². The Balaban J connectivity index is 1.81. The van der Waals surface area contributed by atoms with Crippen LogP contribution >= 0.6 is 0 Å². The predicted molar refractivity (Wildman–Crippen MR) is 115 cm³/mol. The third-order valence-corrected chi connectivity index (χ3v) is 5.51. The van der Waals surface area contributed by atoms with Crippen molar-refractivity contribution in [1.29, 1.82) is 0 Å². The number of hydrogen-bond acceptors (Lipinski definition) is 2. The predicted octanol–water partition coefficient (Wildman–Crippen LogP) is 6.24. The molecule has 0 saturated heterocycles. The van der Waals surface area contributed by atoms with Crippen LogP contribution in [-0.4, -0.2) is 10.2 Å². The molecule has 0 radical (unpaired) electrons. The lowest BCUT2D eigenvalue weighted by molar-refractivity contribution is 0.474. The van der Waals surface area contributed by atoms with Gasteiger partial charge in [0.25, 0.3) is 0 Å². The molecule has 0 bridgehead atoms. The molecular formula is C26H24O2. The molecule has 0 atom stereocenters. The molecule has 0 aliphatic heterocycles. The Hall–Kier alpha value is -3.26. The van der Waals surface area contributed by atoms with Crippen LogP contribution in [0.3, 0.4) is 0 Å². The number of rotatable bonds is 4. The van der Waals surface area contributed by atoms with E-state index in [1.165, 1.54) is 27.5 Å². The molecule has 0 aromatic heterocycles. The van der Waals surface area contributed by atoms with Gasteiger partial charge in [0.05, 0.1) is 0 Å². The molecule has 0 aliphatic rings. The minimum Gasteiger partial charge on any atom is -0.508 e. The lowest BCUT2D eigenvalue weighted by atomic mass is 9.81. The summed E-state index contributed by atoms with van der Waals surface area (Å²) < 4.78 is 0. The zero-order valence-corrected chi connectivity index (χ0v) is 16.2. The van der Waals surface area contributed by atoms with E-state index < -0.39 is 0 Å². The molecule has 4 aromatic carbocycles. The molecule has 4 rings (SSSR count). The number of fused-ring (bicyclic) bond motifs is 1. The van der Waals surface area contributed by atoms with Crippen molar-refractivity contribution in [2.75, 3.05) is 0 Å². The van der Waals surface area contributed by atoms with Crippen LogP contribution in [-0.2, 0) is 6.42 Å². The van der Waals surface area contributed by atoms with E-state index >= 15 is 0 Å². The Labute approximate surface area is 165 Å². The first-order valence-corrected chi connectivity index (χ1v) is 9.58. The fourth-order valence-corrected chi connectivity index (χ4v) is 4.09. The van der Waals surface area contributed by atoms with Gasteiger partial charge in [0, 0.05) is 5.92 Å². The first-order valence-electron chi connectivity index (χ1n) is 9.58. The number of phenols is 2. The van der Waals surface area contributed by atoms with Gasteiger partial charge in [0.2, 0.25) is 0 Å². The Bertz CT molecular complexity index is 1090. The monoisotopic (exact) mass is 368 g/mol. The van der Waals surface area contributed by atoms with Gasteiger partial charge >= 0.3 is 0 Å². The van der Waals surface area contributed by atoms with Crippen LogP contribution in [0, 0.1) is 13.8 Å². The molecule has 140 valence electrons. The first kappa shape index (κ1) is 18.1. The maximum atomic E-state index is 9.86. The van der Waals surface area contributed by atoms with Gasteiger partial charge in [-0.2, -0.15) is 0 Å². The highest BCUT2D eigenvalue weighted by Crippen LogP contribution is 2.35. The van der Waals surface area contributed by atoms with Crippen LogP contribution in [0.15, 0.2) is 78.9 Å². The highest BCUT2D eigenvalue weighted by Gasteiger charge is 2.19. The fourth-order valence-electron chi connectivity index (χ4n) is 4.09. The van der Waals surface area contributed by atoms with Gasteiger partial charge in [-0.05, 0) is 83.1 Å². The summed E-state index contributed by atoms with van der Waals surface area (Å²) in [6.45, 7) is 4.08. The summed E-state index contributed by atoms with van der Waals surface area (Å²) in [5.41, 5.74) is 5.79. The van der Waals surface area contributed by atoms with Crippen LogP contribution in [0.5, 0.6) is 11.5 Å². The van der Waals surface area contributed by atoms with E-state index in [1.807, 2.05) is 38.1 Å². The molecule has 0 unspecified atom stereocenters. The lowest BCUT2D eigenvalue weighted by Crippen LogP contribution is -2.08. The molecule has 0 heterocycles. The lowest BCUT2D eigenvalue weighted by Gasteiger charge is -2.23. The Morgan fingerprint density at radius 2 is 1.21 bits per heavy atom. The molecule has 2 nitrogen and oxygen atoms in total. The zero-order valence-electron chi connectivity index (χ0n) is 16.2. The minimum atomic E-state index is 0.141. The quantitative estimate of drug-likeness (QED) is 0.447. The summed E-state index contributed by atoms with van der Waals surface area (Å²) in [7, 11) is 0. The first-order chi connectivity index (χ1) is 13.5. The summed E-state index contributed by atoms with van der Waals surface area (Å²) in [6.07, 6.45) is 0.849. The summed E-state index contributed by atoms with van der Waals surface area (Å²) in [6, 6.07) is 26.2. The van der Waals surface area contributed by atoms with Crippen molar-refractivity contribution in [1.82, 2.24) is 0 Å². The maximum absolute atomic E-state index is 9.86.